The van der Waals surface area contributed by atoms with Gasteiger partial charge in [0.05, 0.1) is 25.8 Å². The maximum atomic E-state index is 12.6. The van der Waals surface area contributed by atoms with E-state index in [2.05, 4.69) is 20.2 Å². The van der Waals surface area contributed by atoms with Crippen molar-refractivity contribution in [2.24, 2.45) is 0 Å². The molecule has 0 bridgehead atoms. The summed E-state index contributed by atoms with van der Waals surface area (Å²) in [5.74, 6) is 1.85. The van der Waals surface area contributed by atoms with Crippen molar-refractivity contribution in [1.29, 1.82) is 0 Å². The van der Waals surface area contributed by atoms with Gasteiger partial charge in [-0.1, -0.05) is 48.0 Å². The molecule has 3 aromatic carbocycles. The first-order chi connectivity index (χ1) is 18.5. The van der Waals surface area contributed by atoms with Gasteiger partial charge in [-0.25, -0.2) is 9.97 Å². The maximum Gasteiger partial charge on any atom is 0.176 e. The molecule has 2 heterocycles. The summed E-state index contributed by atoms with van der Waals surface area (Å²) >= 11 is 6.29. The van der Waals surface area contributed by atoms with Crippen molar-refractivity contribution in [2.75, 3.05) is 45.3 Å². The predicted octanol–water partition coefficient (Wildman–Crippen LogP) is 5.31. The summed E-state index contributed by atoms with van der Waals surface area (Å²) in [7, 11) is 1.60. The van der Waals surface area contributed by atoms with E-state index in [-0.39, 0.29) is 11.9 Å². The van der Waals surface area contributed by atoms with E-state index in [1.807, 2.05) is 67.6 Å². The first kappa shape index (κ1) is 25.9. The fourth-order valence-corrected chi connectivity index (χ4v) is 4.55. The molecular formula is C29H29ClN4O4. The van der Waals surface area contributed by atoms with E-state index in [4.69, 9.17) is 25.8 Å². The van der Waals surface area contributed by atoms with Crippen LogP contribution in [0, 0.1) is 6.92 Å². The van der Waals surface area contributed by atoms with E-state index in [0.717, 1.165) is 16.6 Å². The predicted molar refractivity (Wildman–Crippen MR) is 148 cm³/mol. The second kappa shape index (κ2) is 11.8. The van der Waals surface area contributed by atoms with Crippen LogP contribution in [0.5, 0.6) is 11.5 Å². The number of Topliss-reactive ketones (excluding diaryl/α,β-unsaturated/α-hetero) is 1. The van der Waals surface area contributed by atoms with Gasteiger partial charge in [0.1, 0.15) is 24.9 Å². The Balaban J connectivity index is 1.27. The zero-order valence-electron chi connectivity index (χ0n) is 21.3. The van der Waals surface area contributed by atoms with E-state index in [0.29, 0.717) is 66.3 Å². The van der Waals surface area contributed by atoms with E-state index in [1.165, 1.54) is 6.33 Å². The van der Waals surface area contributed by atoms with Gasteiger partial charge in [0.25, 0.3) is 0 Å². The molecule has 1 atom stereocenters. The quantitative estimate of drug-likeness (QED) is 0.290. The third-order valence-corrected chi connectivity index (χ3v) is 6.87. The van der Waals surface area contributed by atoms with Gasteiger partial charge in [0, 0.05) is 40.8 Å². The van der Waals surface area contributed by atoms with Gasteiger partial charge < -0.3 is 19.5 Å². The minimum atomic E-state index is -0.179. The molecule has 5 rings (SSSR count). The van der Waals surface area contributed by atoms with Crippen LogP contribution in [0.1, 0.15) is 15.9 Å². The van der Waals surface area contributed by atoms with Crippen LogP contribution in [-0.2, 0) is 4.74 Å². The van der Waals surface area contributed by atoms with Gasteiger partial charge >= 0.3 is 0 Å². The van der Waals surface area contributed by atoms with Crippen LogP contribution in [0.3, 0.4) is 0 Å². The highest BCUT2D eigenvalue weighted by Gasteiger charge is 2.24. The lowest BCUT2D eigenvalue weighted by atomic mass is 10.1. The number of rotatable bonds is 9. The number of carbonyl (C=O) groups excluding carboxylic acids is 1. The lowest BCUT2D eigenvalue weighted by Gasteiger charge is -2.32. The number of benzene rings is 3. The Morgan fingerprint density at radius 1 is 1.13 bits per heavy atom. The van der Waals surface area contributed by atoms with Gasteiger partial charge in [-0.05, 0) is 30.7 Å². The van der Waals surface area contributed by atoms with Gasteiger partial charge in [-0.2, -0.15) is 0 Å². The summed E-state index contributed by atoms with van der Waals surface area (Å²) < 4.78 is 17.7. The Hall–Kier alpha value is -3.72. The molecule has 0 spiro atoms. The first-order valence-electron chi connectivity index (χ1n) is 12.4. The van der Waals surface area contributed by atoms with Crippen LogP contribution in [0.25, 0.3) is 10.9 Å². The van der Waals surface area contributed by atoms with E-state index < -0.39 is 0 Å². The van der Waals surface area contributed by atoms with Crippen molar-refractivity contribution in [1.82, 2.24) is 14.9 Å². The standard InChI is InChI=1S/C29H29ClN4O4/c1-19-8-9-21(12-24(19)30)33-29-23-13-27(36-2)28(14-25(23)31-18-32-29)38-17-22-15-34(10-11-37-22)16-26(35)20-6-4-3-5-7-20/h3-9,12-14,18,22H,10-11,15-17H2,1-2H3,(H,31,32,33). The Morgan fingerprint density at radius 3 is 2.76 bits per heavy atom. The highest BCUT2D eigenvalue weighted by molar-refractivity contribution is 6.31. The number of nitrogens with zero attached hydrogens (tertiary/aromatic N) is 3. The molecule has 0 radical (unpaired) electrons. The number of morpholine rings is 1. The highest BCUT2D eigenvalue weighted by Crippen LogP contribution is 2.35. The van der Waals surface area contributed by atoms with Crippen LogP contribution < -0.4 is 14.8 Å². The molecule has 0 saturated carbocycles. The average Bonchev–Trinajstić information content (AvgIpc) is 2.94. The number of hydrogen-bond acceptors (Lipinski definition) is 8. The monoisotopic (exact) mass is 532 g/mol. The van der Waals surface area contributed by atoms with Crippen LogP contribution in [0.2, 0.25) is 5.02 Å². The Kier molecular flexibility index (Phi) is 8.03. The van der Waals surface area contributed by atoms with Gasteiger partial charge in [-0.15, -0.1) is 0 Å². The van der Waals surface area contributed by atoms with E-state index >= 15 is 0 Å². The zero-order valence-corrected chi connectivity index (χ0v) is 22.1. The molecule has 1 aliphatic heterocycles. The van der Waals surface area contributed by atoms with Crippen LogP contribution in [0.15, 0.2) is 67.0 Å². The molecule has 1 saturated heterocycles. The first-order valence-corrected chi connectivity index (χ1v) is 12.8. The summed E-state index contributed by atoms with van der Waals surface area (Å²) in [6, 6.07) is 18.8. The number of anilines is 2. The summed E-state index contributed by atoms with van der Waals surface area (Å²) in [4.78, 5) is 23.6. The third kappa shape index (κ3) is 6.05. The second-order valence-corrected chi connectivity index (χ2v) is 9.57. The number of halogens is 1. The van der Waals surface area contributed by atoms with E-state index in [1.54, 1.807) is 7.11 Å². The van der Waals surface area contributed by atoms with Crippen molar-refractivity contribution in [3.8, 4) is 11.5 Å². The SMILES string of the molecule is COc1cc2c(Nc3ccc(C)c(Cl)c3)ncnc2cc1OCC1CN(CC(=O)c2ccccc2)CCO1. The fourth-order valence-electron chi connectivity index (χ4n) is 4.37. The van der Waals surface area contributed by atoms with Crippen LogP contribution >= 0.6 is 11.6 Å². The Labute approximate surface area is 226 Å². The molecule has 8 nitrogen and oxygen atoms in total. The molecule has 0 amide bonds. The number of aryl methyl sites for hydroxylation is 1. The number of ketones is 1. The number of nitrogens with one attached hydrogen (secondary N) is 1. The van der Waals surface area contributed by atoms with Crippen molar-refractivity contribution in [3.63, 3.8) is 0 Å². The summed E-state index contributed by atoms with van der Waals surface area (Å²) in [6.45, 7) is 4.46. The lowest BCUT2D eigenvalue weighted by Crippen LogP contribution is -2.46. The van der Waals surface area contributed by atoms with Crippen molar-refractivity contribution >= 4 is 39.8 Å². The fraction of sp³-hybridized carbons (Fsp3) is 0.276. The molecule has 4 aromatic rings. The lowest BCUT2D eigenvalue weighted by molar-refractivity contribution is -0.0457. The number of fused-ring (bicyclic) bond motifs is 1. The summed E-state index contributed by atoms with van der Waals surface area (Å²) in [5.41, 5.74) is 3.25. The van der Waals surface area contributed by atoms with Crippen LogP contribution in [-0.4, -0.2) is 66.7 Å². The molecule has 1 fully saturated rings. The van der Waals surface area contributed by atoms with Crippen molar-refractivity contribution in [2.45, 2.75) is 13.0 Å². The van der Waals surface area contributed by atoms with Crippen molar-refractivity contribution < 1.29 is 19.0 Å². The second-order valence-electron chi connectivity index (χ2n) is 9.16. The van der Waals surface area contributed by atoms with Crippen molar-refractivity contribution in [3.05, 3.63) is 83.1 Å². The van der Waals surface area contributed by atoms with Gasteiger partial charge in [0.15, 0.2) is 17.3 Å². The Bertz CT molecular complexity index is 1430. The average molecular weight is 533 g/mol. The summed E-state index contributed by atoms with van der Waals surface area (Å²) in [6.07, 6.45) is 1.32. The largest absolute Gasteiger partial charge is 0.493 e. The zero-order chi connectivity index (χ0) is 26.5. The number of methoxy groups -OCH3 is 1. The van der Waals surface area contributed by atoms with E-state index in [9.17, 15) is 4.79 Å². The normalized spacial score (nSPS) is 15.8. The number of hydrogen-bond donors (Lipinski definition) is 1. The number of carbonyl (C=O) groups is 1. The molecule has 38 heavy (non-hydrogen) atoms. The molecular weight excluding hydrogens is 504 g/mol. The highest BCUT2D eigenvalue weighted by atomic mass is 35.5. The number of aromatic nitrogens is 2. The topological polar surface area (TPSA) is 85.8 Å². The van der Waals surface area contributed by atoms with Gasteiger partial charge in [0.2, 0.25) is 0 Å². The van der Waals surface area contributed by atoms with Crippen LogP contribution in [0.4, 0.5) is 11.5 Å². The maximum absolute atomic E-state index is 12.6. The molecule has 1 aliphatic rings. The molecule has 196 valence electrons. The molecule has 0 aliphatic carbocycles. The molecule has 1 N–H and O–H groups in total. The number of ether oxygens (including phenoxy) is 3. The third-order valence-electron chi connectivity index (χ3n) is 6.47. The minimum absolute atomic E-state index is 0.0976. The smallest absolute Gasteiger partial charge is 0.176 e. The van der Waals surface area contributed by atoms with Gasteiger partial charge in [-0.3, -0.25) is 9.69 Å². The molecule has 1 unspecified atom stereocenters. The molecule has 1 aromatic heterocycles. The molecule has 9 heteroatoms. The minimum Gasteiger partial charge on any atom is -0.493 e. The summed E-state index contributed by atoms with van der Waals surface area (Å²) in [5, 5.41) is 4.78. The Morgan fingerprint density at radius 2 is 1.97 bits per heavy atom.